The number of nitrogens with one attached hydrogen (secondary N) is 3. The summed E-state index contributed by atoms with van der Waals surface area (Å²) in [6, 6.07) is 7.26. The largest absolute Gasteiger partial charge is 0.383 e. The molecular weight excluding hydrogens is 316 g/mol. The van der Waals surface area contributed by atoms with Gasteiger partial charge < -0.3 is 20.7 Å². The maximum absolute atomic E-state index is 11.9. The molecule has 128 valence electrons. The third-order valence-electron chi connectivity index (χ3n) is 3.42. The second-order valence-electron chi connectivity index (χ2n) is 5.15. The molecule has 0 saturated heterocycles. The summed E-state index contributed by atoms with van der Waals surface area (Å²) in [7, 11) is 5.09. The molecule has 0 aromatic heterocycles. The summed E-state index contributed by atoms with van der Waals surface area (Å²) >= 11 is 1.57. The number of carbonyl (C=O) groups is 1. The van der Waals surface area contributed by atoms with Gasteiger partial charge in [0, 0.05) is 25.6 Å². The number of nitrogens with zero attached hydrogens (tertiary/aromatic N) is 1. The summed E-state index contributed by atoms with van der Waals surface area (Å²) in [5.74, 6) is -0.484. The van der Waals surface area contributed by atoms with Crippen LogP contribution in [0.25, 0.3) is 0 Å². The van der Waals surface area contributed by atoms with E-state index in [1.807, 2.05) is 29.0 Å². The van der Waals surface area contributed by atoms with Gasteiger partial charge in [-0.3, -0.25) is 4.79 Å². The minimum absolute atomic E-state index is 0.0105. The Labute approximate surface area is 141 Å². The van der Waals surface area contributed by atoms with E-state index in [0.717, 1.165) is 11.4 Å². The predicted molar refractivity (Wildman–Crippen MR) is 91.0 cm³/mol. The molecule has 23 heavy (non-hydrogen) atoms. The number of likely N-dealkylation sites (N-methyl/N-ethyl adjacent to an activating group) is 2. The summed E-state index contributed by atoms with van der Waals surface area (Å²) in [6.07, 6.45) is 0. The molecule has 0 aliphatic carbocycles. The van der Waals surface area contributed by atoms with E-state index in [4.69, 9.17) is 10.1 Å². The van der Waals surface area contributed by atoms with Gasteiger partial charge in [-0.15, -0.1) is 0 Å². The number of amides is 1. The first-order valence-electron chi connectivity index (χ1n) is 7.10. The molecule has 0 spiro atoms. The molecule has 1 rings (SSSR count). The van der Waals surface area contributed by atoms with Crippen molar-refractivity contribution in [2.75, 3.05) is 34.4 Å². The van der Waals surface area contributed by atoms with Crippen molar-refractivity contribution >= 4 is 23.6 Å². The second kappa shape index (κ2) is 8.99. The van der Waals surface area contributed by atoms with Crippen LogP contribution >= 0.6 is 11.9 Å². The number of hydroxylamine groups is 1. The van der Waals surface area contributed by atoms with Gasteiger partial charge in [-0.1, -0.05) is 12.1 Å². The lowest BCUT2D eigenvalue weighted by Gasteiger charge is -2.27. The number of carbonyl (C=O) groups excluding carboxylic acids is 1. The average molecular weight is 340 g/mol. The van der Waals surface area contributed by atoms with E-state index in [2.05, 4.69) is 5.32 Å². The molecule has 1 atom stereocenters. The third-order valence-corrected chi connectivity index (χ3v) is 4.40. The maximum atomic E-state index is 11.9. The summed E-state index contributed by atoms with van der Waals surface area (Å²) in [5.41, 5.74) is 0.979. The van der Waals surface area contributed by atoms with Crippen LogP contribution in [0.2, 0.25) is 0 Å². The van der Waals surface area contributed by atoms with Gasteiger partial charge in [0.05, 0.1) is 12.3 Å². The molecule has 0 bridgehead atoms. The molecule has 0 heterocycles. The van der Waals surface area contributed by atoms with Gasteiger partial charge in [0.2, 0.25) is 5.91 Å². The Morgan fingerprint density at radius 3 is 2.52 bits per heavy atom. The highest BCUT2D eigenvalue weighted by molar-refractivity contribution is 7.97. The SMILES string of the molecule is CNC(=O)C(C)(NO)C(=N)c1ccc(SN(C)CCOC)cc1. The quantitative estimate of drug-likeness (QED) is 0.306. The molecule has 7 nitrogen and oxygen atoms in total. The standard InChI is InChI=1S/C15H24N4O3S/c1-15(18-21,14(20)17-2)13(16)11-5-7-12(8-6-11)23-19(3)9-10-22-4/h5-8,16,18,21H,9-10H2,1-4H3,(H,17,20). The fourth-order valence-corrected chi connectivity index (χ4v) is 2.67. The van der Waals surface area contributed by atoms with Gasteiger partial charge >= 0.3 is 0 Å². The van der Waals surface area contributed by atoms with Gasteiger partial charge in [0.25, 0.3) is 0 Å². The highest BCUT2D eigenvalue weighted by atomic mass is 32.2. The Bertz CT molecular complexity index is 538. The fraction of sp³-hybridized carbons (Fsp3) is 0.467. The molecule has 0 aliphatic heterocycles. The van der Waals surface area contributed by atoms with Crippen molar-refractivity contribution in [1.82, 2.24) is 15.1 Å². The van der Waals surface area contributed by atoms with Gasteiger partial charge in [-0.25, -0.2) is 4.31 Å². The van der Waals surface area contributed by atoms with E-state index in [9.17, 15) is 10.0 Å². The van der Waals surface area contributed by atoms with Crippen LogP contribution in [0.4, 0.5) is 0 Å². The third kappa shape index (κ3) is 5.02. The molecule has 4 N–H and O–H groups in total. The monoisotopic (exact) mass is 340 g/mol. The minimum atomic E-state index is -1.50. The highest BCUT2D eigenvalue weighted by Crippen LogP contribution is 2.22. The molecule has 1 aromatic carbocycles. The molecule has 0 radical (unpaired) electrons. The topological polar surface area (TPSA) is 97.7 Å². The van der Waals surface area contributed by atoms with E-state index >= 15 is 0 Å². The number of ether oxygens (including phenoxy) is 1. The van der Waals surface area contributed by atoms with E-state index in [1.54, 1.807) is 31.2 Å². The first-order valence-corrected chi connectivity index (χ1v) is 7.87. The number of methoxy groups -OCH3 is 1. The van der Waals surface area contributed by atoms with Gasteiger partial charge in [-0.2, -0.15) is 5.48 Å². The molecule has 0 aliphatic rings. The zero-order valence-corrected chi connectivity index (χ0v) is 14.7. The lowest BCUT2D eigenvalue weighted by atomic mass is 9.90. The smallest absolute Gasteiger partial charge is 0.248 e. The number of hydrogen-bond donors (Lipinski definition) is 4. The van der Waals surface area contributed by atoms with Crippen molar-refractivity contribution in [1.29, 1.82) is 5.41 Å². The molecule has 1 unspecified atom stereocenters. The minimum Gasteiger partial charge on any atom is -0.383 e. The highest BCUT2D eigenvalue weighted by Gasteiger charge is 2.37. The van der Waals surface area contributed by atoms with Crippen LogP contribution in [-0.4, -0.2) is 61.0 Å². The Morgan fingerprint density at radius 2 is 2.04 bits per heavy atom. The molecule has 1 amide bonds. The van der Waals surface area contributed by atoms with Crippen LogP contribution in [0, 0.1) is 5.41 Å². The Kier molecular flexibility index (Phi) is 7.66. The first-order chi connectivity index (χ1) is 10.9. The van der Waals surface area contributed by atoms with Crippen LogP contribution < -0.4 is 10.8 Å². The number of hydrogen-bond acceptors (Lipinski definition) is 7. The van der Waals surface area contributed by atoms with Crippen LogP contribution in [0.15, 0.2) is 29.2 Å². The molecule has 0 fully saturated rings. The van der Waals surface area contributed by atoms with Crippen molar-refractivity contribution in [3.8, 4) is 0 Å². The lowest BCUT2D eigenvalue weighted by Crippen LogP contribution is -2.58. The summed E-state index contributed by atoms with van der Waals surface area (Å²) in [6.45, 7) is 2.90. The van der Waals surface area contributed by atoms with Crippen molar-refractivity contribution in [2.45, 2.75) is 17.4 Å². The Balaban J connectivity index is 2.83. The summed E-state index contributed by atoms with van der Waals surface area (Å²) in [4.78, 5) is 12.9. The lowest BCUT2D eigenvalue weighted by molar-refractivity contribution is -0.127. The summed E-state index contributed by atoms with van der Waals surface area (Å²) in [5, 5.41) is 19.9. The summed E-state index contributed by atoms with van der Waals surface area (Å²) < 4.78 is 7.08. The van der Waals surface area contributed by atoms with Crippen LogP contribution in [0.1, 0.15) is 12.5 Å². The first kappa shape index (κ1) is 19.6. The second-order valence-corrected chi connectivity index (χ2v) is 6.43. The number of benzene rings is 1. The van der Waals surface area contributed by atoms with Crippen LogP contribution in [-0.2, 0) is 9.53 Å². The van der Waals surface area contributed by atoms with Crippen molar-refractivity contribution in [3.05, 3.63) is 29.8 Å². The van der Waals surface area contributed by atoms with E-state index in [0.29, 0.717) is 12.2 Å². The number of rotatable bonds is 9. The van der Waals surface area contributed by atoms with E-state index in [1.165, 1.54) is 14.0 Å². The zero-order valence-electron chi connectivity index (χ0n) is 13.8. The maximum Gasteiger partial charge on any atom is 0.248 e. The van der Waals surface area contributed by atoms with Crippen LogP contribution in [0.5, 0.6) is 0 Å². The molecular formula is C15H24N4O3S. The van der Waals surface area contributed by atoms with E-state index < -0.39 is 11.4 Å². The Hall–Kier alpha value is -1.45. The van der Waals surface area contributed by atoms with Gasteiger partial charge in [-0.05, 0) is 43.6 Å². The van der Waals surface area contributed by atoms with Gasteiger partial charge in [0.1, 0.15) is 0 Å². The average Bonchev–Trinajstić information content (AvgIpc) is 2.58. The molecule has 1 aromatic rings. The van der Waals surface area contributed by atoms with Gasteiger partial charge in [0.15, 0.2) is 5.54 Å². The van der Waals surface area contributed by atoms with Crippen LogP contribution in [0.3, 0.4) is 0 Å². The molecule has 0 saturated carbocycles. The van der Waals surface area contributed by atoms with E-state index in [-0.39, 0.29) is 5.71 Å². The Morgan fingerprint density at radius 1 is 1.43 bits per heavy atom. The normalized spacial score (nSPS) is 13.7. The predicted octanol–water partition coefficient (Wildman–Crippen LogP) is 1.12. The van der Waals surface area contributed by atoms with Crippen molar-refractivity contribution < 1.29 is 14.7 Å². The van der Waals surface area contributed by atoms with Crippen molar-refractivity contribution in [2.24, 2.45) is 0 Å². The zero-order chi connectivity index (χ0) is 17.5. The fourth-order valence-electron chi connectivity index (χ4n) is 1.89. The molecule has 8 heteroatoms. The van der Waals surface area contributed by atoms with Crippen molar-refractivity contribution in [3.63, 3.8) is 0 Å².